The van der Waals surface area contributed by atoms with E-state index in [1.54, 1.807) is 0 Å². The van der Waals surface area contributed by atoms with Gasteiger partial charge in [0, 0.05) is 24.2 Å². The summed E-state index contributed by atoms with van der Waals surface area (Å²) in [4.78, 5) is 11.5. The van der Waals surface area contributed by atoms with Gasteiger partial charge in [0.2, 0.25) is 0 Å². The molecule has 9 atom stereocenters. The molecule has 0 amide bonds. The first-order valence-corrected chi connectivity index (χ1v) is 10.9. The van der Waals surface area contributed by atoms with Crippen molar-refractivity contribution in [1.82, 2.24) is 0 Å². The molecule has 1 heterocycles. The lowest BCUT2D eigenvalue weighted by molar-refractivity contribution is -0.160. The van der Waals surface area contributed by atoms with Crippen molar-refractivity contribution in [2.75, 3.05) is 0 Å². The lowest BCUT2D eigenvalue weighted by Crippen LogP contribution is -2.60. The van der Waals surface area contributed by atoms with Crippen LogP contribution in [0.4, 0.5) is 0 Å². The lowest BCUT2D eigenvalue weighted by atomic mass is 9.44. The second-order valence-electron chi connectivity index (χ2n) is 10.6. The molecule has 5 aliphatic rings. The Hall–Kier alpha value is -0.870. The Balaban J connectivity index is 1.44. The van der Waals surface area contributed by atoms with Crippen molar-refractivity contribution in [3.8, 4) is 0 Å². The lowest BCUT2D eigenvalue weighted by Gasteiger charge is -2.60. The molecule has 5 rings (SSSR count). The van der Waals surface area contributed by atoms with Crippen LogP contribution in [0.15, 0.2) is 12.7 Å². The number of fused-ring (bicyclic) bond motifs is 4. The van der Waals surface area contributed by atoms with Crippen molar-refractivity contribution in [2.24, 2.45) is 28.6 Å². The predicted octanol–water partition coefficient (Wildman–Crippen LogP) is 4.01. The molecule has 1 saturated heterocycles. The summed E-state index contributed by atoms with van der Waals surface area (Å²) < 4.78 is 12.0. The van der Waals surface area contributed by atoms with E-state index < -0.39 is 5.60 Å². The Bertz CT molecular complexity index is 690. The first-order chi connectivity index (χ1) is 12.7. The Morgan fingerprint density at radius 3 is 2.52 bits per heavy atom. The van der Waals surface area contributed by atoms with E-state index in [0.29, 0.717) is 23.9 Å². The molecule has 0 aromatic rings. The molecule has 4 saturated carbocycles. The molecule has 0 unspecified atom stereocenters. The summed E-state index contributed by atoms with van der Waals surface area (Å²) in [5.74, 6) is 1.67. The molecule has 0 aromatic carbocycles. The third kappa shape index (κ3) is 2.09. The number of esters is 1. The van der Waals surface area contributed by atoms with E-state index >= 15 is 0 Å². The second-order valence-corrected chi connectivity index (χ2v) is 10.6. The van der Waals surface area contributed by atoms with Crippen LogP contribution in [0.5, 0.6) is 0 Å². The van der Waals surface area contributed by atoms with Gasteiger partial charge in [0.1, 0.15) is 11.7 Å². The Kier molecular flexibility index (Phi) is 3.62. The molecule has 4 aliphatic carbocycles. The van der Waals surface area contributed by atoms with Gasteiger partial charge in [-0.1, -0.05) is 19.9 Å². The number of carbonyl (C=O) groups is 1. The highest BCUT2D eigenvalue weighted by Crippen LogP contribution is 2.74. The number of aliphatic hydroxyl groups is 1. The van der Waals surface area contributed by atoms with E-state index in [1.165, 1.54) is 13.3 Å². The summed E-state index contributed by atoms with van der Waals surface area (Å²) in [6, 6.07) is 0. The smallest absolute Gasteiger partial charge is 0.302 e. The minimum atomic E-state index is -0.713. The van der Waals surface area contributed by atoms with E-state index in [9.17, 15) is 9.90 Å². The molecule has 5 fully saturated rings. The fourth-order valence-corrected chi connectivity index (χ4v) is 8.36. The van der Waals surface area contributed by atoms with Crippen LogP contribution in [-0.4, -0.2) is 34.5 Å². The van der Waals surface area contributed by atoms with Gasteiger partial charge >= 0.3 is 5.97 Å². The van der Waals surface area contributed by atoms with Gasteiger partial charge in [-0.2, -0.15) is 0 Å². The van der Waals surface area contributed by atoms with Crippen LogP contribution >= 0.6 is 0 Å². The maximum atomic E-state index is 11.5. The third-order valence-electron chi connectivity index (χ3n) is 9.93. The minimum Gasteiger partial charge on any atom is -0.462 e. The van der Waals surface area contributed by atoms with Crippen molar-refractivity contribution in [2.45, 2.75) is 95.5 Å². The molecule has 1 spiro atoms. The quantitative estimate of drug-likeness (QED) is 0.451. The highest BCUT2D eigenvalue weighted by atomic mass is 16.6. The van der Waals surface area contributed by atoms with Crippen LogP contribution < -0.4 is 0 Å². The second kappa shape index (κ2) is 5.38. The molecular formula is C23H34O4. The maximum absolute atomic E-state index is 11.5. The molecule has 0 bridgehead atoms. The summed E-state index contributed by atoms with van der Waals surface area (Å²) in [5, 5.41) is 11.2. The first kappa shape index (κ1) is 18.2. The zero-order valence-corrected chi connectivity index (χ0v) is 17.0. The summed E-state index contributed by atoms with van der Waals surface area (Å²) in [7, 11) is 0. The summed E-state index contributed by atoms with van der Waals surface area (Å²) in [5.41, 5.74) is -0.660. The average molecular weight is 375 g/mol. The molecule has 150 valence electrons. The standard InChI is InChI=1S/C23H34O4/c1-5-22(25)11-8-17-16-12-19-23(27-19)13-15(26-14(2)24)6-9-21(23,4)18(16)7-10-20(17,22)3/h5,15-19,25H,1,6-13H2,2-4H3/t15-,16+,17+,18+,19-,20-,21+,22-,23-/m0/s1. The van der Waals surface area contributed by atoms with Crippen molar-refractivity contribution in [3.63, 3.8) is 0 Å². The van der Waals surface area contributed by atoms with Crippen LogP contribution in [0.1, 0.15) is 72.1 Å². The predicted molar refractivity (Wildman–Crippen MR) is 102 cm³/mol. The Morgan fingerprint density at radius 1 is 1.15 bits per heavy atom. The molecule has 27 heavy (non-hydrogen) atoms. The van der Waals surface area contributed by atoms with Crippen molar-refractivity contribution in [1.29, 1.82) is 0 Å². The molecule has 1 aliphatic heterocycles. The van der Waals surface area contributed by atoms with E-state index in [2.05, 4.69) is 20.4 Å². The van der Waals surface area contributed by atoms with Gasteiger partial charge in [-0.25, -0.2) is 0 Å². The Labute approximate surface area is 162 Å². The van der Waals surface area contributed by atoms with Gasteiger partial charge < -0.3 is 14.6 Å². The average Bonchev–Trinajstić information content (AvgIpc) is 3.24. The number of carbonyl (C=O) groups excluding carboxylic acids is 1. The molecule has 0 aromatic heterocycles. The van der Waals surface area contributed by atoms with Crippen LogP contribution in [0.2, 0.25) is 0 Å². The van der Waals surface area contributed by atoms with Gasteiger partial charge in [-0.05, 0) is 62.7 Å². The summed E-state index contributed by atoms with van der Waals surface area (Å²) in [6.07, 6.45) is 10.4. The summed E-state index contributed by atoms with van der Waals surface area (Å²) in [6.45, 7) is 10.2. The van der Waals surface area contributed by atoms with Gasteiger partial charge in [-0.3, -0.25) is 4.79 Å². The van der Waals surface area contributed by atoms with Crippen LogP contribution in [0.25, 0.3) is 0 Å². The highest BCUT2D eigenvalue weighted by molar-refractivity contribution is 5.66. The van der Waals surface area contributed by atoms with Crippen LogP contribution in [0.3, 0.4) is 0 Å². The van der Waals surface area contributed by atoms with E-state index in [1.807, 2.05) is 6.08 Å². The molecule has 4 nitrogen and oxygen atoms in total. The van der Waals surface area contributed by atoms with Crippen molar-refractivity contribution in [3.05, 3.63) is 12.7 Å². The molecular weight excluding hydrogens is 340 g/mol. The molecule has 1 N–H and O–H groups in total. The fourth-order valence-electron chi connectivity index (χ4n) is 8.36. The normalized spacial score (nSPS) is 58.3. The first-order valence-electron chi connectivity index (χ1n) is 10.9. The van der Waals surface area contributed by atoms with Gasteiger partial charge in [0.15, 0.2) is 0 Å². The topological polar surface area (TPSA) is 59.1 Å². The zero-order chi connectivity index (χ0) is 19.2. The van der Waals surface area contributed by atoms with E-state index in [-0.39, 0.29) is 28.5 Å². The number of hydrogen-bond acceptors (Lipinski definition) is 4. The number of rotatable bonds is 2. The minimum absolute atomic E-state index is 0.0170. The van der Waals surface area contributed by atoms with Crippen molar-refractivity contribution < 1.29 is 19.4 Å². The van der Waals surface area contributed by atoms with Gasteiger partial charge in [0.05, 0.1) is 11.7 Å². The SMILES string of the molecule is C=C[C@]1(O)CC[C@@H]2[C@H]3C[C@@H]4O[C@@]45C[C@@H](OC(C)=O)CC[C@]5(C)[C@@H]3CC[C@@]21C. The fraction of sp³-hybridized carbons (Fsp3) is 0.870. The molecule has 4 heteroatoms. The number of epoxide rings is 1. The number of ether oxygens (including phenoxy) is 2. The monoisotopic (exact) mass is 374 g/mol. The molecule has 0 radical (unpaired) electrons. The summed E-state index contributed by atoms with van der Waals surface area (Å²) >= 11 is 0. The number of hydrogen-bond donors (Lipinski definition) is 1. The maximum Gasteiger partial charge on any atom is 0.302 e. The highest BCUT2D eigenvalue weighted by Gasteiger charge is 2.77. The van der Waals surface area contributed by atoms with E-state index in [0.717, 1.165) is 44.9 Å². The van der Waals surface area contributed by atoms with Crippen LogP contribution in [-0.2, 0) is 14.3 Å². The zero-order valence-electron chi connectivity index (χ0n) is 17.0. The van der Waals surface area contributed by atoms with Crippen molar-refractivity contribution >= 4 is 5.97 Å². The third-order valence-corrected chi connectivity index (χ3v) is 9.93. The van der Waals surface area contributed by atoms with Gasteiger partial charge in [-0.15, -0.1) is 6.58 Å². The largest absolute Gasteiger partial charge is 0.462 e. The van der Waals surface area contributed by atoms with Gasteiger partial charge in [0.25, 0.3) is 0 Å². The van der Waals surface area contributed by atoms with Crippen LogP contribution in [0, 0.1) is 28.6 Å². The Morgan fingerprint density at radius 2 is 1.81 bits per heavy atom. The van der Waals surface area contributed by atoms with E-state index in [4.69, 9.17) is 9.47 Å².